The first kappa shape index (κ1) is 53.7. The molecule has 0 aliphatic rings. The molecule has 0 aliphatic heterocycles. The Labute approximate surface area is 358 Å². The molecule has 0 N–H and O–H groups in total. The third-order valence-corrected chi connectivity index (χ3v) is 27.9. The van der Waals surface area contributed by atoms with E-state index in [4.69, 9.17) is 18.3 Å². The van der Waals surface area contributed by atoms with Crippen molar-refractivity contribution in [2.75, 3.05) is 0 Å². The lowest BCUT2D eigenvalue weighted by Crippen LogP contribution is -2.54. The van der Waals surface area contributed by atoms with Crippen LogP contribution in [0.25, 0.3) is 6.08 Å². The molecule has 0 bridgehead atoms. The van der Waals surface area contributed by atoms with Crippen LogP contribution in [-0.4, -0.2) is 60.3 Å². The van der Waals surface area contributed by atoms with Crippen LogP contribution in [-0.2, 0) is 22.9 Å². The van der Waals surface area contributed by atoms with E-state index in [9.17, 15) is 4.79 Å². The predicted molar refractivity (Wildman–Crippen MR) is 256 cm³/mol. The summed E-state index contributed by atoms with van der Waals surface area (Å²) in [5.41, 5.74) is 2.66. The van der Waals surface area contributed by atoms with Gasteiger partial charge in [0.25, 0.3) is 0 Å². The van der Waals surface area contributed by atoms with Crippen molar-refractivity contribution in [1.82, 2.24) is 4.98 Å². The molecule has 0 fully saturated rings. The van der Waals surface area contributed by atoms with E-state index in [0.717, 1.165) is 42.7 Å². The van der Waals surface area contributed by atoms with Crippen LogP contribution >= 0.6 is 11.3 Å². The van der Waals surface area contributed by atoms with Crippen LogP contribution in [0.1, 0.15) is 146 Å². The fraction of sp³-hybridized carbons (Fsp3) is 0.766. The van der Waals surface area contributed by atoms with Gasteiger partial charge >= 0.3 is 0 Å². The lowest BCUT2D eigenvalue weighted by atomic mass is 9.71. The maximum absolute atomic E-state index is 15.0. The van der Waals surface area contributed by atoms with Crippen LogP contribution in [0.4, 0.5) is 0 Å². The minimum atomic E-state index is -2.29. The Kier molecular flexibility index (Phi) is 19.8. The second kappa shape index (κ2) is 21.0. The molecule has 0 radical (unpaired) electrons. The van der Waals surface area contributed by atoms with E-state index in [2.05, 4.69) is 146 Å². The average molecular weight is 863 g/mol. The van der Waals surface area contributed by atoms with E-state index in [1.807, 2.05) is 26.8 Å². The van der Waals surface area contributed by atoms with Gasteiger partial charge in [0.15, 0.2) is 25.0 Å². The molecular weight excluding hydrogens is 775 g/mol. The van der Waals surface area contributed by atoms with Crippen LogP contribution in [0.3, 0.4) is 0 Å². The number of aromatic nitrogens is 1. The van der Waals surface area contributed by atoms with E-state index in [1.54, 1.807) is 11.3 Å². The standard InChI is InChI=1S/C47H87NO5SSi3/c1-23-25-39(43(50)47(15,16)41(30-31-49)52-56(19,20)45(9,10)11)42(53-57(21,22)46(12,13)14)35(3)27-24-26-34(2)28-29-40(51-55(17,18)44(6,7)8)36(4)32-38-33-54-37(5)48-38/h23,28,31-33,35,39-42H,1,24-27,29-30H2,2-22H3. The largest absolute Gasteiger partial charge is 0.413 e. The van der Waals surface area contributed by atoms with Gasteiger partial charge in [0.05, 0.1) is 29.0 Å². The van der Waals surface area contributed by atoms with Gasteiger partial charge in [-0.3, -0.25) is 4.79 Å². The molecule has 0 aliphatic carbocycles. The SMILES string of the molecule is C=CCC(C(=O)C(C)(C)C(CC=O)O[Si](C)(C)C(C)(C)C)C(O[Si](C)(C)C(C)(C)C)C(C)CCCC(C)=CCC(O[Si](C)(C)C(C)(C)C)C(C)=Cc1csc(C)n1. The molecule has 328 valence electrons. The second-order valence-corrected chi connectivity index (χ2v) is 37.4. The van der Waals surface area contributed by atoms with E-state index in [1.165, 1.54) is 11.1 Å². The summed E-state index contributed by atoms with van der Waals surface area (Å²) >= 11 is 1.68. The summed E-state index contributed by atoms with van der Waals surface area (Å²) in [4.78, 5) is 31.8. The second-order valence-electron chi connectivity index (χ2n) is 22.0. The molecule has 1 heterocycles. The highest BCUT2D eigenvalue weighted by atomic mass is 32.1. The highest BCUT2D eigenvalue weighted by Gasteiger charge is 2.50. The Bertz CT molecular complexity index is 1520. The number of rotatable bonds is 23. The van der Waals surface area contributed by atoms with Crippen LogP contribution in [0.2, 0.25) is 54.4 Å². The van der Waals surface area contributed by atoms with Gasteiger partial charge in [0.2, 0.25) is 0 Å². The first-order chi connectivity index (χ1) is 25.6. The molecule has 0 saturated heterocycles. The number of allylic oxidation sites excluding steroid dienone is 2. The van der Waals surface area contributed by atoms with Gasteiger partial charge in [-0.25, -0.2) is 4.98 Å². The number of nitrogens with zero attached hydrogens (tertiary/aromatic N) is 1. The van der Waals surface area contributed by atoms with Gasteiger partial charge in [-0.1, -0.05) is 101 Å². The van der Waals surface area contributed by atoms with Gasteiger partial charge in [-0.15, -0.1) is 17.9 Å². The third kappa shape index (κ3) is 15.6. The van der Waals surface area contributed by atoms with Gasteiger partial charge in [0, 0.05) is 23.1 Å². The number of aldehydes is 1. The van der Waals surface area contributed by atoms with Crippen molar-refractivity contribution >= 4 is 54.4 Å². The molecular formula is C47H87NO5SSi3. The van der Waals surface area contributed by atoms with Gasteiger partial charge in [-0.05, 0) is 125 Å². The maximum Gasteiger partial charge on any atom is 0.192 e. The van der Waals surface area contributed by atoms with Crippen molar-refractivity contribution in [3.63, 3.8) is 0 Å². The zero-order valence-corrected chi connectivity index (χ0v) is 44.4. The molecule has 57 heavy (non-hydrogen) atoms. The molecule has 0 aromatic carbocycles. The van der Waals surface area contributed by atoms with Crippen LogP contribution in [0.5, 0.6) is 0 Å². The number of carbonyl (C=O) groups is 2. The normalized spacial score (nSPS) is 17.2. The fourth-order valence-electron chi connectivity index (χ4n) is 6.34. The topological polar surface area (TPSA) is 74.7 Å². The van der Waals surface area contributed by atoms with Crippen molar-refractivity contribution in [3.8, 4) is 0 Å². The number of thiazole rings is 1. The number of ketones is 1. The Balaban J connectivity index is 3.47. The van der Waals surface area contributed by atoms with Crippen molar-refractivity contribution < 1.29 is 22.9 Å². The third-order valence-electron chi connectivity index (χ3n) is 13.6. The molecule has 10 heteroatoms. The summed E-state index contributed by atoms with van der Waals surface area (Å²) in [5, 5.41) is 3.21. The first-order valence-corrected chi connectivity index (χ1v) is 31.1. The van der Waals surface area contributed by atoms with Gasteiger partial charge in [0.1, 0.15) is 12.1 Å². The highest BCUT2D eigenvalue weighted by molar-refractivity contribution is 7.09. The van der Waals surface area contributed by atoms with E-state index >= 15 is 4.79 Å². The van der Waals surface area contributed by atoms with Crippen molar-refractivity contribution in [2.24, 2.45) is 17.3 Å². The zero-order valence-electron chi connectivity index (χ0n) is 40.6. The summed E-state index contributed by atoms with van der Waals surface area (Å²) < 4.78 is 21.2. The number of hydrogen-bond acceptors (Lipinski definition) is 7. The van der Waals surface area contributed by atoms with E-state index < -0.39 is 42.4 Å². The van der Waals surface area contributed by atoms with Gasteiger partial charge in [-0.2, -0.15) is 0 Å². The Hall–Kier alpha value is -1.28. The summed E-state index contributed by atoms with van der Waals surface area (Å²) in [7, 11) is -6.60. The Morgan fingerprint density at radius 1 is 0.825 bits per heavy atom. The van der Waals surface area contributed by atoms with Crippen molar-refractivity contribution in [1.29, 1.82) is 0 Å². The van der Waals surface area contributed by atoms with Crippen LogP contribution < -0.4 is 0 Å². The zero-order chi connectivity index (χ0) is 44.6. The highest BCUT2D eigenvalue weighted by Crippen LogP contribution is 2.45. The lowest BCUT2D eigenvalue weighted by molar-refractivity contribution is -0.141. The fourth-order valence-corrected chi connectivity index (χ4v) is 11.1. The van der Waals surface area contributed by atoms with Crippen molar-refractivity contribution in [2.45, 2.75) is 215 Å². The van der Waals surface area contributed by atoms with Crippen molar-refractivity contribution in [3.05, 3.63) is 46.0 Å². The molecule has 5 unspecified atom stereocenters. The Morgan fingerprint density at radius 3 is 1.79 bits per heavy atom. The number of hydrogen-bond donors (Lipinski definition) is 0. The van der Waals surface area contributed by atoms with E-state index in [-0.39, 0.29) is 45.4 Å². The molecule has 0 amide bonds. The van der Waals surface area contributed by atoms with Gasteiger partial charge < -0.3 is 18.1 Å². The van der Waals surface area contributed by atoms with Crippen LogP contribution in [0.15, 0.2) is 35.3 Å². The molecule has 1 aromatic rings. The number of aryl methyl sites for hydroxylation is 1. The minimum absolute atomic E-state index is 0.0122. The molecule has 0 saturated carbocycles. The summed E-state index contributed by atoms with van der Waals surface area (Å²) in [5.74, 6) is -0.174. The quantitative estimate of drug-likeness (QED) is 0.0620. The monoisotopic (exact) mass is 862 g/mol. The molecule has 5 atom stereocenters. The summed E-state index contributed by atoms with van der Waals surface area (Å²) in [6.07, 6.45) is 10.9. The van der Waals surface area contributed by atoms with Crippen LogP contribution in [0, 0.1) is 24.2 Å². The minimum Gasteiger partial charge on any atom is -0.413 e. The average Bonchev–Trinajstić information content (AvgIpc) is 3.46. The number of Topliss-reactive ketones (excluding diaryl/α,β-unsaturated/α-hetero) is 1. The molecule has 0 spiro atoms. The molecule has 6 nitrogen and oxygen atoms in total. The molecule has 1 aromatic heterocycles. The predicted octanol–water partition coefficient (Wildman–Crippen LogP) is 14.5. The smallest absolute Gasteiger partial charge is 0.192 e. The van der Waals surface area contributed by atoms with E-state index in [0.29, 0.717) is 6.42 Å². The number of carbonyl (C=O) groups excluding carboxylic acids is 2. The summed E-state index contributed by atoms with van der Waals surface area (Å²) in [6, 6.07) is 0. The maximum atomic E-state index is 15.0. The molecule has 1 rings (SSSR count). The summed E-state index contributed by atoms with van der Waals surface area (Å²) in [6.45, 7) is 50.7. The Morgan fingerprint density at radius 2 is 1.33 bits per heavy atom. The first-order valence-electron chi connectivity index (χ1n) is 21.5. The lowest BCUT2D eigenvalue weighted by Gasteiger charge is -2.47.